The third-order valence-electron chi connectivity index (χ3n) is 3.85. The Morgan fingerprint density at radius 1 is 0.905 bits per heavy atom. The first-order valence-electron chi connectivity index (χ1n) is 7.30. The Balaban J connectivity index is 1.85. The minimum Gasteiger partial charge on any atom is -0.508 e. The fourth-order valence-electron chi connectivity index (χ4n) is 2.56. The normalized spacial score (nSPS) is 10.7. The molecule has 0 atom stereocenters. The number of hydrogen-bond acceptors (Lipinski definition) is 2. The zero-order chi connectivity index (χ0) is 14.7. The molecule has 2 N–H and O–H groups in total. The average molecular weight is 277 g/mol. The van der Waals surface area contributed by atoms with Gasteiger partial charge in [0.15, 0.2) is 0 Å². The second-order valence-electron chi connectivity index (χ2n) is 5.19. The van der Waals surface area contributed by atoms with Gasteiger partial charge in [0, 0.05) is 17.8 Å². The lowest BCUT2D eigenvalue weighted by Crippen LogP contribution is -2.00. The van der Waals surface area contributed by atoms with Crippen LogP contribution in [0.5, 0.6) is 5.75 Å². The molecule has 0 amide bonds. The molecule has 0 aliphatic rings. The smallest absolute Gasteiger partial charge is 0.121 e. The number of benzene rings is 3. The summed E-state index contributed by atoms with van der Waals surface area (Å²) in [4.78, 5) is 0. The molecule has 0 saturated carbocycles. The quantitative estimate of drug-likeness (QED) is 0.723. The van der Waals surface area contributed by atoms with E-state index in [1.54, 1.807) is 6.07 Å². The summed E-state index contributed by atoms with van der Waals surface area (Å²) in [6.45, 7) is 2.76. The van der Waals surface area contributed by atoms with E-state index in [2.05, 4.69) is 42.6 Å². The summed E-state index contributed by atoms with van der Waals surface area (Å²) in [5, 5.41) is 15.8. The van der Waals surface area contributed by atoms with Gasteiger partial charge in [0.2, 0.25) is 0 Å². The van der Waals surface area contributed by atoms with Crippen LogP contribution in [0.4, 0.5) is 5.69 Å². The van der Waals surface area contributed by atoms with E-state index in [0.29, 0.717) is 12.3 Å². The van der Waals surface area contributed by atoms with Gasteiger partial charge < -0.3 is 10.4 Å². The van der Waals surface area contributed by atoms with Gasteiger partial charge in [-0.1, -0.05) is 49.4 Å². The van der Waals surface area contributed by atoms with Crippen molar-refractivity contribution in [3.63, 3.8) is 0 Å². The molecule has 0 saturated heterocycles. The van der Waals surface area contributed by atoms with E-state index in [1.807, 2.05) is 24.3 Å². The van der Waals surface area contributed by atoms with Crippen LogP contribution < -0.4 is 5.32 Å². The third-order valence-corrected chi connectivity index (χ3v) is 3.85. The lowest BCUT2D eigenvalue weighted by Gasteiger charge is -2.11. The molecule has 2 nitrogen and oxygen atoms in total. The van der Waals surface area contributed by atoms with Crippen molar-refractivity contribution >= 4 is 16.5 Å². The van der Waals surface area contributed by atoms with Crippen molar-refractivity contribution in [2.24, 2.45) is 0 Å². The number of anilines is 1. The van der Waals surface area contributed by atoms with Gasteiger partial charge in [0.25, 0.3) is 0 Å². The number of aryl methyl sites for hydroxylation is 1. The molecular formula is C19H19NO. The van der Waals surface area contributed by atoms with E-state index in [1.165, 1.54) is 5.56 Å². The summed E-state index contributed by atoms with van der Waals surface area (Å²) >= 11 is 0. The van der Waals surface area contributed by atoms with E-state index in [4.69, 9.17) is 0 Å². The molecule has 0 fully saturated rings. The van der Waals surface area contributed by atoms with Gasteiger partial charge in [-0.05, 0) is 41.0 Å². The number of nitrogens with one attached hydrogen (secondary N) is 1. The van der Waals surface area contributed by atoms with Crippen LogP contribution >= 0.6 is 0 Å². The largest absolute Gasteiger partial charge is 0.508 e. The van der Waals surface area contributed by atoms with Crippen molar-refractivity contribution in [3.05, 3.63) is 71.8 Å². The molecule has 0 aliphatic heterocycles. The SMILES string of the molecule is CCc1ccc(NCc2c(O)ccc3ccccc23)cc1. The fourth-order valence-corrected chi connectivity index (χ4v) is 2.56. The highest BCUT2D eigenvalue weighted by Crippen LogP contribution is 2.27. The van der Waals surface area contributed by atoms with E-state index in [9.17, 15) is 5.11 Å². The van der Waals surface area contributed by atoms with Gasteiger partial charge in [-0.15, -0.1) is 0 Å². The van der Waals surface area contributed by atoms with Crippen LogP contribution in [0.2, 0.25) is 0 Å². The first-order chi connectivity index (χ1) is 10.3. The van der Waals surface area contributed by atoms with Gasteiger partial charge in [0.05, 0.1) is 0 Å². The second-order valence-corrected chi connectivity index (χ2v) is 5.19. The van der Waals surface area contributed by atoms with Crippen LogP contribution in [-0.2, 0) is 13.0 Å². The Morgan fingerprint density at radius 2 is 1.67 bits per heavy atom. The molecule has 106 valence electrons. The van der Waals surface area contributed by atoms with Crippen molar-refractivity contribution in [1.82, 2.24) is 0 Å². The number of phenols is 1. The molecule has 0 heterocycles. The van der Waals surface area contributed by atoms with Gasteiger partial charge in [-0.25, -0.2) is 0 Å². The molecule has 0 spiro atoms. The molecule has 3 aromatic rings. The van der Waals surface area contributed by atoms with E-state index in [-0.39, 0.29) is 0 Å². The molecule has 21 heavy (non-hydrogen) atoms. The van der Waals surface area contributed by atoms with E-state index < -0.39 is 0 Å². The Morgan fingerprint density at radius 3 is 2.43 bits per heavy atom. The minimum atomic E-state index is 0.339. The number of fused-ring (bicyclic) bond motifs is 1. The van der Waals surface area contributed by atoms with Crippen molar-refractivity contribution in [2.75, 3.05) is 5.32 Å². The predicted molar refractivity (Wildman–Crippen MR) is 88.8 cm³/mol. The molecule has 3 rings (SSSR count). The zero-order valence-electron chi connectivity index (χ0n) is 12.1. The molecule has 2 heteroatoms. The first kappa shape index (κ1) is 13.5. The lowest BCUT2D eigenvalue weighted by atomic mass is 10.0. The molecule has 0 unspecified atom stereocenters. The lowest BCUT2D eigenvalue weighted by molar-refractivity contribution is 0.470. The van der Waals surface area contributed by atoms with Crippen molar-refractivity contribution in [2.45, 2.75) is 19.9 Å². The summed E-state index contributed by atoms with van der Waals surface area (Å²) in [6.07, 6.45) is 1.05. The fraction of sp³-hybridized carbons (Fsp3) is 0.158. The van der Waals surface area contributed by atoms with Gasteiger partial charge in [0.1, 0.15) is 5.75 Å². The maximum absolute atomic E-state index is 10.1. The Labute approximate surface area is 125 Å². The van der Waals surface area contributed by atoms with Crippen LogP contribution in [0.15, 0.2) is 60.7 Å². The number of rotatable bonds is 4. The average Bonchev–Trinajstić information content (AvgIpc) is 2.54. The van der Waals surface area contributed by atoms with E-state index >= 15 is 0 Å². The van der Waals surface area contributed by atoms with Crippen LogP contribution in [0.1, 0.15) is 18.1 Å². The van der Waals surface area contributed by atoms with Crippen molar-refractivity contribution < 1.29 is 5.11 Å². The second kappa shape index (κ2) is 5.88. The third kappa shape index (κ3) is 2.84. The topological polar surface area (TPSA) is 32.3 Å². The van der Waals surface area contributed by atoms with Crippen LogP contribution in [0, 0.1) is 0 Å². The summed E-state index contributed by atoms with van der Waals surface area (Å²) in [5.41, 5.74) is 3.33. The van der Waals surface area contributed by atoms with Crippen LogP contribution in [0.3, 0.4) is 0 Å². The molecule has 0 radical (unpaired) electrons. The maximum atomic E-state index is 10.1. The summed E-state index contributed by atoms with van der Waals surface area (Å²) in [6, 6.07) is 20.3. The standard InChI is InChI=1S/C19H19NO/c1-2-14-7-10-16(11-8-14)20-13-18-17-6-4-3-5-15(17)9-12-19(18)21/h3-12,20-21H,2,13H2,1H3. The summed E-state index contributed by atoms with van der Waals surface area (Å²) in [5.74, 6) is 0.339. The summed E-state index contributed by atoms with van der Waals surface area (Å²) < 4.78 is 0. The van der Waals surface area contributed by atoms with Crippen LogP contribution in [-0.4, -0.2) is 5.11 Å². The molecular weight excluding hydrogens is 258 g/mol. The maximum Gasteiger partial charge on any atom is 0.121 e. The minimum absolute atomic E-state index is 0.339. The molecule has 0 aliphatic carbocycles. The van der Waals surface area contributed by atoms with Crippen molar-refractivity contribution in [1.29, 1.82) is 0 Å². The predicted octanol–water partition coefficient (Wildman–Crippen LogP) is 4.72. The highest BCUT2D eigenvalue weighted by atomic mass is 16.3. The summed E-state index contributed by atoms with van der Waals surface area (Å²) in [7, 11) is 0. The Kier molecular flexibility index (Phi) is 3.78. The Bertz CT molecular complexity index is 747. The molecule has 3 aromatic carbocycles. The van der Waals surface area contributed by atoms with Crippen molar-refractivity contribution in [3.8, 4) is 5.75 Å². The zero-order valence-corrected chi connectivity index (χ0v) is 12.1. The highest BCUT2D eigenvalue weighted by Gasteiger charge is 2.06. The Hall–Kier alpha value is -2.48. The van der Waals surface area contributed by atoms with E-state index in [0.717, 1.165) is 28.4 Å². The molecule has 0 bridgehead atoms. The monoisotopic (exact) mass is 277 g/mol. The molecule has 0 aromatic heterocycles. The number of aromatic hydroxyl groups is 1. The van der Waals surface area contributed by atoms with Gasteiger partial charge in [-0.3, -0.25) is 0 Å². The highest BCUT2D eigenvalue weighted by molar-refractivity contribution is 5.87. The van der Waals surface area contributed by atoms with Gasteiger partial charge >= 0.3 is 0 Å². The number of phenolic OH excluding ortho intramolecular Hbond substituents is 1. The van der Waals surface area contributed by atoms with Crippen LogP contribution in [0.25, 0.3) is 10.8 Å². The van der Waals surface area contributed by atoms with Gasteiger partial charge in [-0.2, -0.15) is 0 Å². The first-order valence-corrected chi connectivity index (χ1v) is 7.30. The number of hydrogen-bond donors (Lipinski definition) is 2.